The predicted molar refractivity (Wildman–Crippen MR) is 312 cm³/mol. The molecule has 2 aromatic heterocycles. The van der Waals surface area contributed by atoms with E-state index in [1.54, 1.807) is 11.9 Å². The van der Waals surface area contributed by atoms with Crippen LogP contribution in [0.3, 0.4) is 0 Å². The van der Waals surface area contributed by atoms with Crippen LogP contribution in [-0.2, 0) is 17.4 Å². The predicted octanol–water partition coefficient (Wildman–Crippen LogP) is 18.8. The Kier molecular flexibility index (Phi) is 26.0. The van der Waals surface area contributed by atoms with Gasteiger partial charge in [-0.15, -0.1) is 0 Å². The third kappa shape index (κ3) is 19.7. The molecular weight excluding hydrogens is 851 g/mol. The first-order valence-electron chi connectivity index (χ1n) is 26.7. The number of anilines is 1. The van der Waals surface area contributed by atoms with Crippen molar-refractivity contribution in [1.82, 2.24) is 19.9 Å². The first-order valence-corrected chi connectivity index (χ1v) is 26.7. The van der Waals surface area contributed by atoms with E-state index in [4.69, 9.17) is 5.73 Å². The molecular formula is C65H105N5. The van der Waals surface area contributed by atoms with Crippen molar-refractivity contribution in [3.63, 3.8) is 0 Å². The summed E-state index contributed by atoms with van der Waals surface area (Å²) in [4.78, 5) is 15.1. The minimum Gasteiger partial charge on any atom is -0.383 e. The molecule has 0 saturated carbocycles. The van der Waals surface area contributed by atoms with Crippen molar-refractivity contribution in [2.75, 3.05) is 19.8 Å². The van der Waals surface area contributed by atoms with Crippen molar-refractivity contribution >= 4 is 5.82 Å². The summed E-state index contributed by atoms with van der Waals surface area (Å²) in [6, 6.07) is 22.2. The number of pyridine rings is 1. The number of nitrogens with zero attached hydrogens (tertiary/aromatic N) is 4. The Labute approximate surface area is 432 Å². The van der Waals surface area contributed by atoms with Gasteiger partial charge in [0.2, 0.25) is 0 Å². The number of hydrogen-bond donors (Lipinski definition) is 1. The highest BCUT2D eigenvalue weighted by Gasteiger charge is 2.24. The van der Waals surface area contributed by atoms with Crippen LogP contribution < -0.4 is 5.73 Å². The lowest BCUT2D eigenvalue weighted by molar-refractivity contribution is 0.402. The number of aromatic nitrogens is 3. The van der Waals surface area contributed by atoms with Crippen molar-refractivity contribution in [2.24, 2.45) is 0 Å². The zero-order valence-electron chi connectivity index (χ0n) is 50.1. The monoisotopic (exact) mass is 956 g/mol. The van der Waals surface area contributed by atoms with Gasteiger partial charge in [-0.25, -0.2) is 9.97 Å². The largest absolute Gasteiger partial charge is 0.383 e. The fourth-order valence-electron chi connectivity index (χ4n) is 9.73. The summed E-state index contributed by atoms with van der Waals surface area (Å²) in [5.41, 5.74) is 25.7. The fourth-order valence-corrected chi connectivity index (χ4v) is 9.73. The first kappa shape index (κ1) is 63.7. The molecule has 5 heteroatoms. The maximum Gasteiger partial charge on any atom is 0.130 e. The number of nitrogen functional groups attached to an aromatic ring is 1. The van der Waals surface area contributed by atoms with Crippen molar-refractivity contribution in [3.8, 4) is 0 Å². The van der Waals surface area contributed by atoms with E-state index in [1.807, 2.05) is 6.20 Å². The topological polar surface area (TPSA) is 67.9 Å². The van der Waals surface area contributed by atoms with Crippen molar-refractivity contribution in [2.45, 2.75) is 238 Å². The Hall–Kier alpha value is -4.35. The maximum atomic E-state index is 5.89. The lowest BCUT2D eigenvalue weighted by atomic mass is 9.81. The molecule has 3 aromatic carbocycles. The van der Waals surface area contributed by atoms with E-state index in [-0.39, 0.29) is 10.8 Å². The molecule has 0 saturated heterocycles. The molecule has 0 unspecified atom stereocenters. The standard InChI is InChI=1S/C16H27N.2C13H20.C12H19N.C11H19N3/c1-11(2)15-9-14(10-17(6)7)8-13(5)16(15)12(3)4;1-10(2)11-8-6-7-9-12(11)13(3,4)5;1-9(2)12-8-6-7-11(5)13(12)10(3)4;1-8(2)11-10(5)6-7-13-12(11)9(3)4;1-7(2)9-8(11(3,4)5)10(12)14-6-13-9/h8-9,11-12H,10H2,1-7H3;2*6-10H,1-5H3;6-9H,1-5H3;6-7H,1-5H3,(H2,12,13,14). The van der Waals surface area contributed by atoms with Crippen molar-refractivity contribution in [1.29, 1.82) is 0 Å². The Balaban J connectivity index is 0.000000439. The summed E-state index contributed by atoms with van der Waals surface area (Å²) in [5, 5.41) is 0. The second-order valence-electron chi connectivity index (χ2n) is 24.5. The maximum absolute atomic E-state index is 5.89. The molecule has 0 aliphatic rings. The van der Waals surface area contributed by atoms with Gasteiger partial charge in [0.15, 0.2) is 0 Å². The smallest absolute Gasteiger partial charge is 0.130 e. The molecule has 0 aliphatic heterocycles. The first-order chi connectivity index (χ1) is 32.2. The van der Waals surface area contributed by atoms with E-state index in [9.17, 15) is 0 Å². The van der Waals surface area contributed by atoms with E-state index in [0.29, 0.717) is 53.2 Å². The quantitative estimate of drug-likeness (QED) is 0.151. The summed E-state index contributed by atoms with van der Waals surface area (Å²) in [6.07, 6.45) is 3.45. The van der Waals surface area contributed by atoms with Gasteiger partial charge in [-0.2, -0.15) is 0 Å². The highest BCUT2D eigenvalue weighted by molar-refractivity contribution is 5.47. The molecule has 5 aromatic rings. The van der Waals surface area contributed by atoms with Gasteiger partial charge in [0.05, 0.1) is 5.69 Å². The van der Waals surface area contributed by atoms with E-state index in [2.05, 4.69) is 268 Å². The van der Waals surface area contributed by atoms with Crippen LogP contribution in [0.5, 0.6) is 0 Å². The molecule has 5 rings (SSSR count). The van der Waals surface area contributed by atoms with Crippen molar-refractivity contribution in [3.05, 3.63) is 151 Å². The molecule has 70 heavy (non-hydrogen) atoms. The summed E-state index contributed by atoms with van der Waals surface area (Å²) >= 11 is 0. The molecule has 2 N–H and O–H groups in total. The number of benzene rings is 3. The van der Waals surface area contributed by atoms with Gasteiger partial charge in [0.1, 0.15) is 12.1 Å². The van der Waals surface area contributed by atoms with Crippen LogP contribution in [0.1, 0.15) is 278 Å². The summed E-state index contributed by atoms with van der Waals surface area (Å²) in [5.74, 6) is 5.20. The Bertz CT molecular complexity index is 2250. The van der Waals surface area contributed by atoms with Crippen molar-refractivity contribution < 1.29 is 0 Å². The van der Waals surface area contributed by atoms with Gasteiger partial charge in [0, 0.05) is 24.0 Å². The molecule has 0 spiro atoms. The van der Waals surface area contributed by atoms with Gasteiger partial charge in [-0.1, -0.05) is 207 Å². The van der Waals surface area contributed by atoms with Gasteiger partial charge in [-0.3, -0.25) is 4.98 Å². The zero-order chi connectivity index (χ0) is 54.2. The van der Waals surface area contributed by atoms with Gasteiger partial charge in [0.25, 0.3) is 0 Å². The molecule has 390 valence electrons. The Morgan fingerprint density at radius 1 is 0.457 bits per heavy atom. The molecule has 0 radical (unpaired) electrons. The normalized spacial score (nSPS) is 11.8. The number of nitrogens with two attached hydrogens (primary N) is 1. The van der Waals surface area contributed by atoms with Crippen LogP contribution >= 0.6 is 0 Å². The minimum absolute atomic E-state index is 0.00491. The molecule has 0 bridgehead atoms. The summed E-state index contributed by atoms with van der Waals surface area (Å²) < 4.78 is 0. The summed E-state index contributed by atoms with van der Waals surface area (Å²) in [6.45, 7) is 56.7. The van der Waals surface area contributed by atoms with E-state index in [1.165, 1.54) is 61.3 Å². The second-order valence-corrected chi connectivity index (χ2v) is 24.5. The van der Waals surface area contributed by atoms with Crippen LogP contribution in [0.25, 0.3) is 0 Å². The van der Waals surface area contributed by atoms with E-state index < -0.39 is 0 Å². The molecule has 0 amide bonds. The lowest BCUT2D eigenvalue weighted by Gasteiger charge is -2.24. The fraction of sp³-hybridized carbons (Fsp3) is 0.585. The Morgan fingerprint density at radius 3 is 1.31 bits per heavy atom. The molecule has 0 fully saturated rings. The number of aryl methyl sites for hydroxylation is 3. The SMILES string of the molecule is CC(C)c1ccccc1C(C)(C)C.CC(C)c1ncnc(N)c1C(C)(C)C.Cc1cc(CN(C)C)cc(C(C)C)c1C(C)C.Cc1cccc(C(C)C)c1C(C)C.Cc1ccnc(C(C)C)c1C(C)C. The lowest BCUT2D eigenvalue weighted by Crippen LogP contribution is -2.19. The highest BCUT2D eigenvalue weighted by atomic mass is 15.0. The molecule has 0 aliphatic carbocycles. The van der Waals surface area contributed by atoms with Crippen LogP contribution in [0.15, 0.2) is 73.2 Å². The van der Waals surface area contributed by atoms with E-state index >= 15 is 0 Å². The number of rotatable bonds is 10. The minimum atomic E-state index is 0.00491. The molecule has 5 nitrogen and oxygen atoms in total. The zero-order valence-corrected chi connectivity index (χ0v) is 50.1. The van der Waals surface area contributed by atoms with Crippen LogP contribution in [-0.4, -0.2) is 33.9 Å². The van der Waals surface area contributed by atoms with Crippen LogP contribution in [0, 0.1) is 20.8 Å². The second kappa shape index (κ2) is 28.6. The molecule has 2 heterocycles. The van der Waals surface area contributed by atoms with Gasteiger partial charge in [-0.05, 0) is 160 Å². The third-order valence-electron chi connectivity index (χ3n) is 12.7. The van der Waals surface area contributed by atoms with Gasteiger partial charge < -0.3 is 10.6 Å². The summed E-state index contributed by atoms with van der Waals surface area (Å²) in [7, 11) is 4.25. The van der Waals surface area contributed by atoms with E-state index in [0.717, 1.165) is 17.8 Å². The van der Waals surface area contributed by atoms with Crippen LogP contribution in [0.4, 0.5) is 5.82 Å². The Morgan fingerprint density at radius 2 is 0.929 bits per heavy atom. The van der Waals surface area contributed by atoms with Gasteiger partial charge >= 0.3 is 0 Å². The average molecular weight is 957 g/mol. The third-order valence-corrected chi connectivity index (χ3v) is 12.7. The molecule has 0 atom stereocenters. The van der Waals surface area contributed by atoms with Crippen LogP contribution in [0.2, 0.25) is 0 Å². The average Bonchev–Trinajstić information content (AvgIpc) is 3.22. The highest BCUT2D eigenvalue weighted by Crippen LogP contribution is 2.34. The number of hydrogen-bond acceptors (Lipinski definition) is 5.